The number of aromatic nitrogens is 1. The largest absolute Gasteiger partial charge is 0.456 e. The van der Waals surface area contributed by atoms with Gasteiger partial charge in [-0.25, -0.2) is 4.98 Å². The molecule has 0 aliphatic rings. The summed E-state index contributed by atoms with van der Waals surface area (Å²) in [6, 6.07) is 71.8. The number of benzene rings is 9. The summed E-state index contributed by atoms with van der Waals surface area (Å²) in [6.07, 6.45) is 0. The van der Waals surface area contributed by atoms with Gasteiger partial charge in [0.2, 0.25) is 5.89 Å². The van der Waals surface area contributed by atoms with E-state index in [2.05, 4.69) is 157 Å². The molecule has 0 radical (unpaired) electrons. The fraction of sp³-hybridized carbons (Fsp3) is 0. The highest BCUT2D eigenvalue weighted by atomic mass is 16.4. The second kappa shape index (κ2) is 13.8. The zero-order valence-corrected chi connectivity index (χ0v) is 32.2. The molecule has 5 nitrogen and oxygen atoms in total. The normalized spacial score (nSPS) is 11.7. The first-order valence-electron chi connectivity index (χ1n) is 20.1. The Bertz CT molecular complexity index is 3530. The van der Waals surface area contributed by atoms with Crippen LogP contribution in [0.5, 0.6) is 0 Å². The van der Waals surface area contributed by atoms with E-state index in [9.17, 15) is 0 Å². The number of anilines is 3. The number of furan rings is 2. The number of para-hydroxylation sites is 3. The van der Waals surface area contributed by atoms with Crippen LogP contribution in [0.25, 0.3) is 99.8 Å². The van der Waals surface area contributed by atoms with Gasteiger partial charge in [-0.15, -0.1) is 0 Å². The predicted molar refractivity (Wildman–Crippen MR) is 245 cm³/mol. The van der Waals surface area contributed by atoms with Crippen molar-refractivity contribution in [3.05, 3.63) is 206 Å². The van der Waals surface area contributed by atoms with Crippen LogP contribution < -0.4 is 4.90 Å². The summed E-state index contributed by atoms with van der Waals surface area (Å²) in [6.45, 7) is 0. The maximum Gasteiger partial charge on any atom is 0.227 e. The molecule has 0 N–H and O–H groups in total. The van der Waals surface area contributed by atoms with Gasteiger partial charge in [-0.3, -0.25) is 0 Å². The van der Waals surface area contributed by atoms with E-state index in [0.717, 1.165) is 111 Å². The lowest BCUT2D eigenvalue weighted by atomic mass is 9.99. The van der Waals surface area contributed by atoms with E-state index in [1.54, 1.807) is 0 Å². The fourth-order valence-electron chi connectivity index (χ4n) is 8.61. The molecular weight excluding hydrogens is 737 g/mol. The van der Waals surface area contributed by atoms with E-state index in [4.69, 9.17) is 18.2 Å². The Kier molecular flexibility index (Phi) is 7.78. The average Bonchev–Trinajstić information content (AvgIpc) is 4.02. The van der Waals surface area contributed by atoms with Gasteiger partial charge in [0.05, 0.1) is 5.69 Å². The minimum absolute atomic E-state index is 0.597. The second-order valence-electron chi connectivity index (χ2n) is 15.1. The van der Waals surface area contributed by atoms with Crippen LogP contribution in [0.3, 0.4) is 0 Å². The predicted octanol–water partition coefficient (Wildman–Crippen LogP) is 15.8. The fourth-order valence-corrected chi connectivity index (χ4v) is 8.61. The molecule has 0 aliphatic carbocycles. The Morgan fingerprint density at radius 3 is 1.73 bits per heavy atom. The molecule has 0 amide bonds. The summed E-state index contributed by atoms with van der Waals surface area (Å²) < 4.78 is 19.0. The van der Waals surface area contributed by atoms with E-state index in [1.807, 2.05) is 54.6 Å². The highest BCUT2D eigenvalue weighted by molar-refractivity contribution is 6.11. The molecule has 12 rings (SSSR count). The Balaban J connectivity index is 0.934. The number of rotatable bonds is 7. The molecule has 0 saturated heterocycles. The Labute approximate surface area is 345 Å². The van der Waals surface area contributed by atoms with Crippen LogP contribution in [-0.2, 0) is 0 Å². The number of hydrogen-bond acceptors (Lipinski definition) is 5. The summed E-state index contributed by atoms with van der Waals surface area (Å²) >= 11 is 0. The van der Waals surface area contributed by atoms with Crippen molar-refractivity contribution in [2.45, 2.75) is 0 Å². The average molecular weight is 771 g/mol. The van der Waals surface area contributed by atoms with Crippen LogP contribution in [0, 0.1) is 0 Å². The molecule has 3 heterocycles. The first-order valence-corrected chi connectivity index (χ1v) is 20.1. The highest BCUT2D eigenvalue weighted by Gasteiger charge is 2.19. The molecule has 3 aromatic heterocycles. The molecular formula is C55H34N2O3. The van der Waals surface area contributed by atoms with Crippen molar-refractivity contribution in [2.24, 2.45) is 0 Å². The van der Waals surface area contributed by atoms with E-state index >= 15 is 0 Å². The van der Waals surface area contributed by atoms with Gasteiger partial charge >= 0.3 is 0 Å². The van der Waals surface area contributed by atoms with Gasteiger partial charge in [0.25, 0.3) is 0 Å². The van der Waals surface area contributed by atoms with Gasteiger partial charge in [0.15, 0.2) is 5.58 Å². The standard InChI is InChI=1S/C55H34N2O3/c1-3-12-36(13-4-1)42-16-7-9-20-49(42)57(41-29-24-37(25-30-41)43-18-11-19-45-44-17-8-10-21-50(44)59-54(43)45)40-27-22-35(23-28-40)39-26-31-51-46(32-39)47-33-53-48(34-52(47)58-51)56-55(60-53)38-14-5-2-6-15-38/h1-34H. The number of fused-ring (bicyclic) bond motifs is 7. The van der Waals surface area contributed by atoms with E-state index in [1.165, 1.54) is 0 Å². The van der Waals surface area contributed by atoms with E-state index in [-0.39, 0.29) is 0 Å². The van der Waals surface area contributed by atoms with Crippen LogP contribution in [0.2, 0.25) is 0 Å². The van der Waals surface area contributed by atoms with Gasteiger partial charge in [-0.2, -0.15) is 0 Å². The zero-order chi connectivity index (χ0) is 39.6. The van der Waals surface area contributed by atoms with Crippen molar-refractivity contribution in [1.29, 1.82) is 0 Å². The maximum atomic E-state index is 6.42. The van der Waals surface area contributed by atoms with Crippen molar-refractivity contribution in [3.8, 4) is 44.8 Å². The number of nitrogens with zero attached hydrogens (tertiary/aromatic N) is 2. The van der Waals surface area contributed by atoms with Crippen molar-refractivity contribution in [2.75, 3.05) is 4.90 Å². The molecule has 12 aromatic rings. The van der Waals surface area contributed by atoms with Crippen LogP contribution in [0.1, 0.15) is 0 Å². The zero-order valence-electron chi connectivity index (χ0n) is 32.2. The van der Waals surface area contributed by atoms with Crippen molar-refractivity contribution < 1.29 is 13.3 Å². The summed E-state index contributed by atoms with van der Waals surface area (Å²) in [4.78, 5) is 7.10. The van der Waals surface area contributed by atoms with Gasteiger partial charge in [0, 0.05) is 55.7 Å². The summed E-state index contributed by atoms with van der Waals surface area (Å²) in [5.41, 5.74) is 15.7. The quantitative estimate of drug-likeness (QED) is 0.162. The maximum absolute atomic E-state index is 6.42. The van der Waals surface area contributed by atoms with Crippen LogP contribution in [0.15, 0.2) is 220 Å². The van der Waals surface area contributed by atoms with Crippen LogP contribution in [0.4, 0.5) is 17.1 Å². The highest BCUT2D eigenvalue weighted by Crippen LogP contribution is 2.43. The summed E-state index contributed by atoms with van der Waals surface area (Å²) in [5, 5.41) is 4.27. The van der Waals surface area contributed by atoms with Gasteiger partial charge in [-0.05, 0) is 89.0 Å². The summed E-state index contributed by atoms with van der Waals surface area (Å²) in [5.74, 6) is 0.597. The molecule has 0 fully saturated rings. The molecule has 60 heavy (non-hydrogen) atoms. The topological polar surface area (TPSA) is 55.6 Å². The molecule has 9 aromatic carbocycles. The van der Waals surface area contributed by atoms with Crippen molar-refractivity contribution in [3.63, 3.8) is 0 Å². The van der Waals surface area contributed by atoms with Crippen molar-refractivity contribution in [1.82, 2.24) is 4.98 Å². The molecule has 0 aliphatic heterocycles. The minimum Gasteiger partial charge on any atom is -0.456 e. The minimum atomic E-state index is 0.597. The smallest absolute Gasteiger partial charge is 0.227 e. The third-order valence-corrected chi connectivity index (χ3v) is 11.5. The first-order chi connectivity index (χ1) is 29.7. The Morgan fingerprint density at radius 1 is 0.333 bits per heavy atom. The lowest BCUT2D eigenvalue weighted by molar-refractivity contribution is 0.620. The third-order valence-electron chi connectivity index (χ3n) is 11.5. The second-order valence-corrected chi connectivity index (χ2v) is 15.1. The molecule has 0 spiro atoms. The van der Waals surface area contributed by atoms with Gasteiger partial charge < -0.3 is 18.2 Å². The Morgan fingerprint density at radius 2 is 0.933 bits per heavy atom. The monoisotopic (exact) mass is 770 g/mol. The van der Waals surface area contributed by atoms with E-state index in [0.29, 0.717) is 5.89 Å². The molecule has 282 valence electrons. The Hall–Kier alpha value is -8.15. The van der Waals surface area contributed by atoms with Gasteiger partial charge in [0.1, 0.15) is 27.8 Å². The molecule has 0 unspecified atom stereocenters. The molecule has 0 bridgehead atoms. The number of oxazole rings is 1. The SMILES string of the molecule is c1ccc(-c2nc3cc4oc5ccc(-c6ccc(N(c7ccc(-c8cccc9c8oc8ccccc89)cc7)c7ccccc7-c7ccccc7)cc6)cc5c4cc3o2)cc1. The number of hydrogen-bond donors (Lipinski definition) is 0. The molecule has 0 saturated carbocycles. The third kappa shape index (κ3) is 5.67. The van der Waals surface area contributed by atoms with Crippen molar-refractivity contribution >= 4 is 72.0 Å². The van der Waals surface area contributed by atoms with Crippen LogP contribution >= 0.6 is 0 Å². The molecule has 5 heteroatoms. The lowest BCUT2D eigenvalue weighted by Gasteiger charge is -2.28. The van der Waals surface area contributed by atoms with Gasteiger partial charge in [-0.1, -0.05) is 133 Å². The van der Waals surface area contributed by atoms with Crippen LogP contribution in [-0.4, -0.2) is 4.98 Å². The summed E-state index contributed by atoms with van der Waals surface area (Å²) in [7, 11) is 0. The van der Waals surface area contributed by atoms with E-state index < -0.39 is 0 Å². The first kappa shape index (κ1) is 33.9. The lowest BCUT2D eigenvalue weighted by Crippen LogP contribution is -2.11. The molecule has 0 atom stereocenters.